The van der Waals surface area contributed by atoms with Crippen molar-refractivity contribution in [2.24, 2.45) is 0 Å². The standard InChI is InChI=1S/C28H32Cl2FN7O/c1-4-32-27(39)20-13-22(30)26(33-15-20)36-10-11-37(18(3)16-36)25-14-24(19-7-8-23(31)21(29)12-19)34-28(35-25)38-9-5-6-17(38)2/h7-8,12-15,17-18H,4-6,9-11,16H2,1-3H3,(H,32,39)/t17?,18-/m1/s1. The third-order valence-corrected chi connectivity index (χ3v) is 7.94. The Hall–Kier alpha value is -3.17. The summed E-state index contributed by atoms with van der Waals surface area (Å²) in [5.41, 5.74) is 1.89. The second-order valence-corrected chi connectivity index (χ2v) is 10.9. The molecule has 0 spiro atoms. The molecule has 2 aliphatic heterocycles. The molecule has 8 nitrogen and oxygen atoms in total. The Morgan fingerprint density at radius 3 is 2.54 bits per heavy atom. The number of amides is 1. The molecule has 39 heavy (non-hydrogen) atoms. The van der Waals surface area contributed by atoms with Crippen LogP contribution in [0, 0.1) is 5.82 Å². The molecule has 1 N–H and O–H groups in total. The van der Waals surface area contributed by atoms with Crippen molar-refractivity contribution in [1.82, 2.24) is 20.3 Å². The lowest BCUT2D eigenvalue weighted by Gasteiger charge is -2.41. The minimum absolute atomic E-state index is 0.0632. The predicted molar refractivity (Wildman–Crippen MR) is 155 cm³/mol. The molecule has 206 valence electrons. The number of rotatable bonds is 6. The summed E-state index contributed by atoms with van der Waals surface area (Å²) in [5.74, 6) is 1.49. The average Bonchev–Trinajstić information content (AvgIpc) is 3.35. The molecule has 5 rings (SSSR count). The van der Waals surface area contributed by atoms with Gasteiger partial charge in [-0.05, 0) is 57.9 Å². The van der Waals surface area contributed by atoms with E-state index in [1.807, 2.05) is 13.0 Å². The molecule has 11 heteroatoms. The van der Waals surface area contributed by atoms with E-state index in [9.17, 15) is 9.18 Å². The Kier molecular flexibility index (Phi) is 8.09. The Balaban J connectivity index is 1.42. The third-order valence-electron chi connectivity index (χ3n) is 7.37. The highest BCUT2D eigenvalue weighted by Crippen LogP contribution is 2.33. The summed E-state index contributed by atoms with van der Waals surface area (Å²) in [6, 6.07) is 8.72. The van der Waals surface area contributed by atoms with E-state index in [1.165, 1.54) is 6.07 Å². The molecule has 2 atom stereocenters. The molecule has 2 aliphatic rings. The quantitative estimate of drug-likeness (QED) is 0.422. The lowest BCUT2D eigenvalue weighted by atomic mass is 10.1. The van der Waals surface area contributed by atoms with Crippen molar-refractivity contribution >= 4 is 46.7 Å². The van der Waals surface area contributed by atoms with Crippen LogP contribution in [0.1, 0.15) is 44.0 Å². The first-order valence-electron chi connectivity index (χ1n) is 13.3. The van der Waals surface area contributed by atoms with Crippen molar-refractivity contribution in [2.75, 3.05) is 47.4 Å². The first kappa shape index (κ1) is 27.4. The van der Waals surface area contributed by atoms with Crippen molar-refractivity contribution in [1.29, 1.82) is 0 Å². The van der Waals surface area contributed by atoms with E-state index >= 15 is 0 Å². The van der Waals surface area contributed by atoms with Gasteiger partial charge in [0.05, 0.1) is 21.3 Å². The van der Waals surface area contributed by atoms with Crippen molar-refractivity contribution in [3.05, 3.63) is 58.0 Å². The van der Waals surface area contributed by atoms with Gasteiger partial charge in [0.1, 0.15) is 17.5 Å². The minimum atomic E-state index is -0.459. The highest BCUT2D eigenvalue weighted by atomic mass is 35.5. The van der Waals surface area contributed by atoms with Crippen molar-refractivity contribution in [2.45, 2.75) is 45.7 Å². The van der Waals surface area contributed by atoms with Gasteiger partial charge in [0.15, 0.2) is 0 Å². The lowest BCUT2D eigenvalue weighted by Crippen LogP contribution is -2.53. The maximum absolute atomic E-state index is 13.9. The second-order valence-electron chi connectivity index (χ2n) is 10.1. The molecule has 1 aromatic carbocycles. The maximum atomic E-state index is 13.9. The van der Waals surface area contributed by atoms with Gasteiger partial charge in [-0.3, -0.25) is 4.79 Å². The molecular formula is C28H32Cl2FN7O. The van der Waals surface area contributed by atoms with Crippen LogP contribution in [-0.4, -0.2) is 65.7 Å². The van der Waals surface area contributed by atoms with E-state index in [4.69, 9.17) is 33.2 Å². The number of hydrogen-bond acceptors (Lipinski definition) is 7. The summed E-state index contributed by atoms with van der Waals surface area (Å²) in [7, 11) is 0. The molecule has 0 aliphatic carbocycles. The predicted octanol–water partition coefficient (Wildman–Crippen LogP) is 5.44. The van der Waals surface area contributed by atoms with Crippen LogP contribution in [0.25, 0.3) is 11.3 Å². The van der Waals surface area contributed by atoms with Crippen LogP contribution in [0.3, 0.4) is 0 Å². The maximum Gasteiger partial charge on any atom is 0.252 e. The van der Waals surface area contributed by atoms with E-state index in [0.717, 1.165) is 30.8 Å². The number of benzene rings is 1. The largest absolute Gasteiger partial charge is 0.352 e. The topological polar surface area (TPSA) is 77.5 Å². The molecular weight excluding hydrogens is 540 g/mol. The van der Waals surface area contributed by atoms with Crippen molar-refractivity contribution < 1.29 is 9.18 Å². The SMILES string of the molecule is CCNC(=O)c1cnc(N2CCN(c3cc(-c4ccc(F)c(Cl)c4)nc(N4CCCC4C)n3)[C@H](C)C2)c(Cl)c1. The zero-order valence-electron chi connectivity index (χ0n) is 22.3. The molecule has 1 amide bonds. The summed E-state index contributed by atoms with van der Waals surface area (Å²) in [5, 5.41) is 3.28. The van der Waals surface area contributed by atoms with Gasteiger partial charge in [0.2, 0.25) is 5.95 Å². The number of halogens is 3. The van der Waals surface area contributed by atoms with Crippen LogP contribution in [0.15, 0.2) is 36.5 Å². The molecule has 0 saturated carbocycles. The third kappa shape index (κ3) is 5.75. The van der Waals surface area contributed by atoms with Crippen molar-refractivity contribution in [3.8, 4) is 11.3 Å². The fourth-order valence-electron chi connectivity index (χ4n) is 5.27. The monoisotopic (exact) mass is 571 g/mol. The average molecular weight is 573 g/mol. The van der Waals surface area contributed by atoms with Crippen LogP contribution in [0.5, 0.6) is 0 Å². The van der Waals surface area contributed by atoms with Crippen LogP contribution in [0.2, 0.25) is 10.0 Å². The highest BCUT2D eigenvalue weighted by Gasteiger charge is 2.30. The van der Waals surface area contributed by atoms with Gasteiger partial charge in [-0.15, -0.1) is 0 Å². The summed E-state index contributed by atoms with van der Waals surface area (Å²) < 4.78 is 13.9. The summed E-state index contributed by atoms with van der Waals surface area (Å²) in [6.07, 6.45) is 3.75. The van der Waals surface area contributed by atoms with Gasteiger partial charge >= 0.3 is 0 Å². The Labute approximate surface area is 238 Å². The number of nitrogens with one attached hydrogen (secondary N) is 1. The highest BCUT2D eigenvalue weighted by molar-refractivity contribution is 6.33. The number of piperazine rings is 1. The second kappa shape index (κ2) is 11.5. The number of pyridine rings is 1. The van der Waals surface area contributed by atoms with E-state index in [0.29, 0.717) is 60.3 Å². The van der Waals surface area contributed by atoms with E-state index in [2.05, 4.69) is 38.8 Å². The van der Waals surface area contributed by atoms with Crippen LogP contribution in [0.4, 0.5) is 22.0 Å². The minimum Gasteiger partial charge on any atom is -0.352 e. The summed E-state index contributed by atoms with van der Waals surface area (Å²) >= 11 is 12.7. The fraction of sp³-hybridized carbons (Fsp3) is 0.429. The number of carbonyl (C=O) groups excluding carboxylic acids is 1. The van der Waals surface area contributed by atoms with Gasteiger partial charge in [0, 0.05) is 62.6 Å². The number of nitrogens with zero attached hydrogens (tertiary/aromatic N) is 6. The normalized spacial score (nSPS) is 19.5. The molecule has 3 aromatic rings. The fourth-order valence-corrected chi connectivity index (χ4v) is 5.74. The van der Waals surface area contributed by atoms with Crippen LogP contribution >= 0.6 is 23.2 Å². The van der Waals surface area contributed by atoms with Gasteiger partial charge in [-0.1, -0.05) is 23.2 Å². The molecule has 2 fully saturated rings. The van der Waals surface area contributed by atoms with E-state index in [-0.39, 0.29) is 17.0 Å². The summed E-state index contributed by atoms with van der Waals surface area (Å²) in [4.78, 5) is 33.2. The van der Waals surface area contributed by atoms with Gasteiger partial charge < -0.3 is 20.0 Å². The van der Waals surface area contributed by atoms with Crippen molar-refractivity contribution in [3.63, 3.8) is 0 Å². The number of carbonyl (C=O) groups is 1. The molecule has 2 saturated heterocycles. The van der Waals surface area contributed by atoms with Gasteiger partial charge in [0.25, 0.3) is 5.91 Å². The number of anilines is 3. The molecule has 0 radical (unpaired) electrons. The molecule has 2 aromatic heterocycles. The molecule has 4 heterocycles. The first-order valence-corrected chi connectivity index (χ1v) is 14.1. The van der Waals surface area contributed by atoms with E-state index < -0.39 is 5.82 Å². The van der Waals surface area contributed by atoms with E-state index in [1.54, 1.807) is 24.4 Å². The molecule has 0 bridgehead atoms. The zero-order chi connectivity index (χ0) is 27.7. The van der Waals surface area contributed by atoms with Crippen LogP contribution in [-0.2, 0) is 0 Å². The Morgan fingerprint density at radius 1 is 1.05 bits per heavy atom. The lowest BCUT2D eigenvalue weighted by molar-refractivity contribution is 0.0955. The summed E-state index contributed by atoms with van der Waals surface area (Å²) in [6.45, 7) is 9.66. The zero-order valence-corrected chi connectivity index (χ0v) is 23.8. The molecule has 1 unspecified atom stereocenters. The van der Waals surface area contributed by atoms with Crippen LogP contribution < -0.4 is 20.0 Å². The number of aromatic nitrogens is 3. The van der Waals surface area contributed by atoms with Gasteiger partial charge in [-0.25, -0.2) is 14.4 Å². The smallest absolute Gasteiger partial charge is 0.252 e. The Bertz CT molecular complexity index is 1370. The van der Waals surface area contributed by atoms with Gasteiger partial charge in [-0.2, -0.15) is 4.98 Å². The number of hydrogen-bond donors (Lipinski definition) is 1. The first-order chi connectivity index (χ1) is 18.7. The Morgan fingerprint density at radius 2 is 1.87 bits per heavy atom.